The summed E-state index contributed by atoms with van der Waals surface area (Å²) in [7, 11) is 3.86. The Hall–Kier alpha value is -1.89. The maximum atomic E-state index is 9.90. The minimum Gasteiger partial charge on any atom is -0.394 e. The number of hydrogen-bond donors (Lipinski definition) is 2. The second-order valence-corrected chi connectivity index (χ2v) is 5.76. The van der Waals surface area contributed by atoms with Gasteiger partial charge in [0.2, 0.25) is 0 Å². The normalized spacial score (nSPS) is 25.4. The van der Waals surface area contributed by atoms with Crippen molar-refractivity contribution in [2.45, 2.75) is 24.9 Å². The molecule has 1 aromatic heterocycles. The molecule has 3 atom stereocenters. The third-order valence-electron chi connectivity index (χ3n) is 3.86. The van der Waals surface area contributed by atoms with E-state index in [1.165, 1.54) is 0 Å². The summed E-state index contributed by atoms with van der Waals surface area (Å²) >= 11 is 0. The second kappa shape index (κ2) is 6.08. The number of nitrogens with zero attached hydrogens (tertiary/aromatic N) is 3. The topological polar surface area (TPSA) is 70.2 Å². The minimum absolute atomic E-state index is 0.171. The third-order valence-corrected chi connectivity index (χ3v) is 3.86. The minimum atomic E-state index is -0.637. The molecular weight excluding hydrogens is 282 g/mol. The van der Waals surface area contributed by atoms with E-state index in [0.717, 1.165) is 16.6 Å². The van der Waals surface area contributed by atoms with E-state index < -0.39 is 12.2 Å². The lowest BCUT2D eigenvalue weighted by molar-refractivity contribution is -0.0428. The van der Waals surface area contributed by atoms with Crippen LogP contribution in [0, 0.1) is 0 Å². The number of fused-ring (bicyclic) bond motifs is 1. The van der Waals surface area contributed by atoms with Crippen molar-refractivity contribution in [3.8, 4) is 0 Å². The summed E-state index contributed by atoms with van der Waals surface area (Å²) in [5, 5.41) is 20.1. The smallest absolute Gasteiger partial charge is 0.137 e. The molecule has 6 nitrogen and oxygen atoms in total. The average Bonchev–Trinajstić information content (AvgIpc) is 3.08. The largest absolute Gasteiger partial charge is 0.394 e. The third kappa shape index (κ3) is 2.72. The van der Waals surface area contributed by atoms with Gasteiger partial charge in [0.1, 0.15) is 12.3 Å². The number of aromatic nitrogens is 1. The molecule has 0 bridgehead atoms. The highest BCUT2D eigenvalue weighted by Gasteiger charge is 2.34. The number of aliphatic imine (C=N–C) groups is 1. The second-order valence-electron chi connectivity index (χ2n) is 5.76. The van der Waals surface area contributed by atoms with Gasteiger partial charge in [-0.15, -0.1) is 0 Å². The van der Waals surface area contributed by atoms with Crippen molar-refractivity contribution >= 4 is 22.9 Å². The first-order valence-corrected chi connectivity index (χ1v) is 7.34. The summed E-state index contributed by atoms with van der Waals surface area (Å²) in [6.45, 7) is -0.171. The van der Waals surface area contributed by atoms with E-state index in [4.69, 9.17) is 4.74 Å². The molecule has 118 valence electrons. The van der Waals surface area contributed by atoms with Crippen molar-refractivity contribution in [1.29, 1.82) is 0 Å². The fraction of sp³-hybridized carbons (Fsp3) is 0.438. The number of rotatable bonds is 4. The van der Waals surface area contributed by atoms with Crippen molar-refractivity contribution in [2.75, 3.05) is 20.7 Å². The highest BCUT2D eigenvalue weighted by Crippen LogP contribution is 2.34. The van der Waals surface area contributed by atoms with Crippen LogP contribution in [0.15, 0.2) is 35.5 Å². The van der Waals surface area contributed by atoms with Gasteiger partial charge < -0.3 is 24.4 Å². The van der Waals surface area contributed by atoms with Gasteiger partial charge in [-0.1, -0.05) is 6.07 Å². The monoisotopic (exact) mass is 303 g/mol. The quantitative estimate of drug-likeness (QED) is 0.663. The predicted molar refractivity (Wildman–Crippen MR) is 85.4 cm³/mol. The molecule has 2 heterocycles. The van der Waals surface area contributed by atoms with Crippen LogP contribution in [0.2, 0.25) is 0 Å². The number of ether oxygens (including phenoxy) is 1. The summed E-state index contributed by atoms with van der Waals surface area (Å²) in [6.07, 6.45) is 2.76. The molecule has 2 N–H and O–H groups in total. The molecule has 2 aromatic rings. The van der Waals surface area contributed by atoms with Gasteiger partial charge in [-0.2, -0.15) is 0 Å². The van der Waals surface area contributed by atoms with Crippen molar-refractivity contribution in [2.24, 2.45) is 4.99 Å². The first-order valence-electron chi connectivity index (χ1n) is 7.34. The first kappa shape index (κ1) is 15.0. The molecule has 22 heavy (non-hydrogen) atoms. The molecule has 0 saturated carbocycles. The van der Waals surface area contributed by atoms with Crippen LogP contribution < -0.4 is 0 Å². The number of aliphatic hydroxyl groups is 2. The zero-order valence-corrected chi connectivity index (χ0v) is 12.8. The Kier molecular flexibility index (Phi) is 4.15. The summed E-state index contributed by atoms with van der Waals surface area (Å²) in [4.78, 5) is 6.36. The fourth-order valence-corrected chi connectivity index (χ4v) is 2.76. The molecule has 1 aromatic carbocycles. The lowest BCUT2D eigenvalue weighted by atomic mass is 10.2. The van der Waals surface area contributed by atoms with Gasteiger partial charge in [-0.3, -0.25) is 0 Å². The van der Waals surface area contributed by atoms with Crippen molar-refractivity contribution in [3.63, 3.8) is 0 Å². The van der Waals surface area contributed by atoms with Crippen LogP contribution in [0.3, 0.4) is 0 Å². The van der Waals surface area contributed by atoms with E-state index in [1.54, 1.807) is 6.34 Å². The number of hydrogen-bond acceptors (Lipinski definition) is 4. The molecule has 0 radical (unpaired) electrons. The van der Waals surface area contributed by atoms with Crippen LogP contribution in [0.4, 0.5) is 5.69 Å². The zero-order chi connectivity index (χ0) is 15.7. The van der Waals surface area contributed by atoms with Crippen molar-refractivity contribution < 1.29 is 14.9 Å². The maximum absolute atomic E-state index is 9.90. The molecule has 1 saturated heterocycles. The Morgan fingerprint density at radius 2 is 2.23 bits per heavy atom. The van der Waals surface area contributed by atoms with E-state index in [0.29, 0.717) is 6.42 Å². The van der Waals surface area contributed by atoms with Crippen LogP contribution >= 0.6 is 0 Å². The number of benzene rings is 1. The van der Waals surface area contributed by atoms with Gasteiger partial charge in [0, 0.05) is 32.1 Å². The van der Waals surface area contributed by atoms with Crippen LogP contribution in [-0.4, -0.2) is 58.9 Å². The van der Waals surface area contributed by atoms with Gasteiger partial charge in [0.25, 0.3) is 0 Å². The van der Waals surface area contributed by atoms with Gasteiger partial charge in [0.15, 0.2) is 0 Å². The van der Waals surface area contributed by atoms with E-state index in [2.05, 4.69) is 4.99 Å². The highest BCUT2D eigenvalue weighted by molar-refractivity contribution is 5.92. The van der Waals surface area contributed by atoms with Crippen LogP contribution in [0.5, 0.6) is 0 Å². The predicted octanol–water partition coefficient (Wildman–Crippen LogP) is 1.50. The lowest BCUT2D eigenvalue weighted by Gasteiger charge is -2.15. The molecular formula is C16H21N3O3. The van der Waals surface area contributed by atoms with E-state index in [1.807, 2.05) is 54.0 Å². The van der Waals surface area contributed by atoms with E-state index >= 15 is 0 Å². The molecule has 0 amide bonds. The van der Waals surface area contributed by atoms with Crippen molar-refractivity contribution in [3.05, 3.63) is 30.5 Å². The summed E-state index contributed by atoms with van der Waals surface area (Å²) < 4.78 is 7.72. The van der Waals surface area contributed by atoms with Crippen LogP contribution in [0.25, 0.3) is 10.9 Å². The van der Waals surface area contributed by atoms with E-state index in [9.17, 15) is 10.2 Å². The molecule has 0 aliphatic carbocycles. The summed E-state index contributed by atoms with van der Waals surface area (Å²) in [5.74, 6) is 0. The Morgan fingerprint density at radius 3 is 2.91 bits per heavy atom. The Balaban J connectivity index is 1.95. The Labute approximate surface area is 129 Å². The lowest BCUT2D eigenvalue weighted by Crippen LogP contribution is -2.24. The van der Waals surface area contributed by atoms with Crippen molar-refractivity contribution in [1.82, 2.24) is 9.47 Å². The standard InChI is InChI=1S/C16H21N3O3/c1-18(2)10-17-12-4-3-5-13-11(12)6-7-19(13)16-8-14(21)15(9-20)22-16/h3-7,10,14-16,20-21H,8-9H2,1-2H3/t14-,15+,16+/m0/s1. The maximum Gasteiger partial charge on any atom is 0.137 e. The summed E-state index contributed by atoms with van der Waals surface area (Å²) in [6, 6.07) is 7.93. The molecule has 3 rings (SSSR count). The fourth-order valence-electron chi connectivity index (χ4n) is 2.76. The molecule has 0 spiro atoms. The Bertz CT molecular complexity index is 680. The average molecular weight is 303 g/mol. The first-order chi connectivity index (χ1) is 10.6. The van der Waals surface area contributed by atoms with Gasteiger partial charge in [0.05, 0.1) is 30.3 Å². The van der Waals surface area contributed by atoms with Crippen LogP contribution in [-0.2, 0) is 4.74 Å². The molecule has 1 fully saturated rings. The molecule has 6 heteroatoms. The SMILES string of the molecule is CN(C)C=Nc1cccc2c1ccn2[C@H]1C[C@H](O)[C@@H](CO)O1. The molecule has 1 aliphatic heterocycles. The van der Waals surface area contributed by atoms with Gasteiger partial charge in [-0.05, 0) is 18.2 Å². The van der Waals surface area contributed by atoms with Gasteiger partial charge in [-0.25, -0.2) is 4.99 Å². The highest BCUT2D eigenvalue weighted by atomic mass is 16.5. The van der Waals surface area contributed by atoms with Gasteiger partial charge >= 0.3 is 0 Å². The number of aliphatic hydroxyl groups excluding tert-OH is 2. The Morgan fingerprint density at radius 1 is 1.41 bits per heavy atom. The zero-order valence-electron chi connectivity index (χ0n) is 12.8. The molecule has 1 aliphatic rings. The van der Waals surface area contributed by atoms with Crippen LogP contribution in [0.1, 0.15) is 12.6 Å². The molecule has 0 unspecified atom stereocenters. The summed E-state index contributed by atoms with van der Waals surface area (Å²) in [5.41, 5.74) is 1.89. The van der Waals surface area contributed by atoms with E-state index in [-0.39, 0.29) is 12.8 Å².